The average molecular weight is 445 g/mol. The first-order valence-corrected chi connectivity index (χ1v) is 11.0. The van der Waals surface area contributed by atoms with Crippen LogP contribution in [0, 0.1) is 6.92 Å². The first-order valence-electron chi connectivity index (χ1n) is 10.2. The second kappa shape index (κ2) is 9.66. The fraction of sp³-hybridized carbons (Fsp3) is 0.154. The molecule has 0 spiro atoms. The second-order valence-electron chi connectivity index (χ2n) is 7.28. The van der Waals surface area contributed by atoms with Gasteiger partial charge in [-0.15, -0.1) is 0 Å². The highest BCUT2D eigenvalue weighted by Crippen LogP contribution is 2.32. The third-order valence-corrected chi connectivity index (χ3v) is 6.16. The number of para-hydroxylation sites is 1. The van der Waals surface area contributed by atoms with Crippen LogP contribution in [-0.2, 0) is 11.3 Å². The summed E-state index contributed by atoms with van der Waals surface area (Å²) in [6.45, 7) is 2.47. The molecule has 3 aromatic carbocycles. The minimum absolute atomic E-state index is 0.139. The van der Waals surface area contributed by atoms with Crippen LogP contribution in [0.3, 0.4) is 0 Å². The number of nitrogens with zero attached hydrogens (tertiary/aromatic N) is 2. The molecule has 5 nitrogen and oxygen atoms in total. The van der Waals surface area contributed by atoms with Crippen molar-refractivity contribution in [1.29, 1.82) is 0 Å². The molecule has 1 aromatic heterocycles. The SMILES string of the molecule is COc1ccc(/C=C/C(=O)N(Cc2ccccc2)c2nc3c(C)cccc3s2)cc1OC. The molecule has 0 aliphatic heterocycles. The number of amides is 1. The molecular weight excluding hydrogens is 420 g/mol. The molecular formula is C26H24N2O3S. The van der Waals surface area contributed by atoms with Crippen LogP contribution in [0.4, 0.5) is 5.13 Å². The Bertz CT molecular complexity index is 1260. The number of thiazole rings is 1. The highest BCUT2D eigenvalue weighted by molar-refractivity contribution is 7.22. The number of aryl methyl sites for hydroxylation is 1. The molecule has 6 heteroatoms. The molecule has 0 radical (unpaired) electrons. The zero-order chi connectivity index (χ0) is 22.5. The van der Waals surface area contributed by atoms with E-state index in [2.05, 4.69) is 0 Å². The van der Waals surface area contributed by atoms with Crippen LogP contribution < -0.4 is 14.4 Å². The molecule has 0 saturated heterocycles. The Hall–Kier alpha value is -3.64. The molecule has 0 unspecified atom stereocenters. The van der Waals surface area contributed by atoms with Crippen molar-refractivity contribution >= 4 is 38.7 Å². The molecule has 162 valence electrons. The minimum atomic E-state index is -0.139. The summed E-state index contributed by atoms with van der Waals surface area (Å²) in [5, 5.41) is 0.681. The van der Waals surface area contributed by atoms with Crippen molar-refractivity contribution in [2.75, 3.05) is 19.1 Å². The standard InChI is InChI=1S/C26H24N2O3S/c1-18-8-7-11-23-25(18)27-26(32-23)28(17-20-9-5-4-6-10-20)24(29)15-13-19-12-14-21(30-2)22(16-19)31-3/h4-16H,17H2,1-3H3/b15-13+. The van der Waals surface area contributed by atoms with Gasteiger partial charge in [-0.25, -0.2) is 4.98 Å². The number of rotatable bonds is 7. The summed E-state index contributed by atoms with van der Waals surface area (Å²) in [6.07, 6.45) is 3.35. The third-order valence-electron chi connectivity index (χ3n) is 5.12. The summed E-state index contributed by atoms with van der Waals surface area (Å²) < 4.78 is 11.7. The molecule has 32 heavy (non-hydrogen) atoms. The molecule has 0 fully saturated rings. The monoisotopic (exact) mass is 444 g/mol. The van der Waals surface area contributed by atoms with Gasteiger partial charge < -0.3 is 9.47 Å². The number of ether oxygens (including phenoxy) is 2. The van der Waals surface area contributed by atoms with Crippen molar-refractivity contribution in [1.82, 2.24) is 4.98 Å². The van der Waals surface area contributed by atoms with Crippen molar-refractivity contribution in [3.8, 4) is 11.5 Å². The molecule has 0 atom stereocenters. The average Bonchev–Trinajstić information content (AvgIpc) is 3.27. The van der Waals surface area contributed by atoms with Gasteiger partial charge >= 0.3 is 0 Å². The highest BCUT2D eigenvalue weighted by atomic mass is 32.1. The number of hydrogen-bond donors (Lipinski definition) is 0. The number of methoxy groups -OCH3 is 2. The number of anilines is 1. The fourth-order valence-electron chi connectivity index (χ4n) is 3.41. The number of aromatic nitrogens is 1. The first kappa shape index (κ1) is 21.6. The lowest BCUT2D eigenvalue weighted by atomic mass is 10.1. The van der Waals surface area contributed by atoms with Gasteiger partial charge in [0.05, 0.1) is 31.0 Å². The topological polar surface area (TPSA) is 51.7 Å². The van der Waals surface area contributed by atoms with Gasteiger partial charge in [-0.05, 0) is 47.9 Å². The smallest absolute Gasteiger partial charge is 0.253 e. The van der Waals surface area contributed by atoms with E-state index in [9.17, 15) is 4.79 Å². The number of fused-ring (bicyclic) bond motifs is 1. The quantitative estimate of drug-likeness (QED) is 0.335. The fourth-order valence-corrected chi connectivity index (χ4v) is 4.46. The van der Waals surface area contributed by atoms with Crippen molar-refractivity contribution < 1.29 is 14.3 Å². The van der Waals surface area contributed by atoms with Crippen molar-refractivity contribution in [2.45, 2.75) is 13.5 Å². The molecule has 4 aromatic rings. The lowest BCUT2D eigenvalue weighted by Crippen LogP contribution is -2.28. The van der Waals surface area contributed by atoms with Crippen LogP contribution in [0.2, 0.25) is 0 Å². The number of carbonyl (C=O) groups is 1. The van der Waals surface area contributed by atoms with Crippen LogP contribution in [0.25, 0.3) is 16.3 Å². The molecule has 1 heterocycles. The van der Waals surface area contributed by atoms with Gasteiger partial charge in [0.1, 0.15) is 0 Å². The van der Waals surface area contributed by atoms with Crippen LogP contribution >= 0.6 is 11.3 Å². The summed E-state index contributed by atoms with van der Waals surface area (Å²) in [5.74, 6) is 1.12. The van der Waals surface area contributed by atoms with Crippen molar-refractivity contribution in [3.05, 3.63) is 89.5 Å². The maximum absolute atomic E-state index is 13.3. The van der Waals surface area contributed by atoms with Crippen LogP contribution in [-0.4, -0.2) is 25.1 Å². The first-order chi connectivity index (χ1) is 15.6. The van der Waals surface area contributed by atoms with E-state index < -0.39 is 0 Å². The second-order valence-corrected chi connectivity index (χ2v) is 8.28. The molecule has 0 aliphatic carbocycles. The highest BCUT2D eigenvalue weighted by Gasteiger charge is 2.19. The Morgan fingerprint density at radius 3 is 2.50 bits per heavy atom. The van der Waals surface area contributed by atoms with Gasteiger partial charge in [0, 0.05) is 6.08 Å². The van der Waals surface area contributed by atoms with Gasteiger partial charge in [-0.3, -0.25) is 9.69 Å². The molecule has 4 rings (SSSR count). The predicted molar refractivity (Wildman–Crippen MR) is 131 cm³/mol. The Morgan fingerprint density at radius 1 is 1.00 bits per heavy atom. The van der Waals surface area contributed by atoms with E-state index in [0.717, 1.165) is 26.9 Å². The Labute approximate surface area is 191 Å². The number of carbonyl (C=O) groups excluding carboxylic acids is 1. The summed E-state index contributed by atoms with van der Waals surface area (Å²) >= 11 is 1.52. The third kappa shape index (κ3) is 4.65. The lowest BCUT2D eigenvalue weighted by Gasteiger charge is -2.18. The van der Waals surface area contributed by atoms with E-state index in [1.54, 1.807) is 31.3 Å². The molecule has 0 N–H and O–H groups in total. The molecule has 0 bridgehead atoms. The van der Waals surface area contributed by atoms with Gasteiger partial charge in [0.2, 0.25) is 0 Å². The van der Waals surface area contributed by atoms with E-state index in [1.165, 1.54) is 11.3 Å². The van der Waals surface area contributed by atoms with E-state index in [1.807, 2.05) is 73.7 Å². The van der Waals surface area contributed by atoms with Gasteiger partial charge in [0.15, 0.2) is 16.6 Å². The van der Waals surface area contributed by atoms with Gasteiger partial charge in [0.25, 0.3) is 5.91 Å². The number of benzene rings is 3. The van der Waals surface area contributed by atoms with Crippen molar-refractivity contribution in [2.24, 2.45) is 0 Å². The number of hydrogen-bond acceptors (Lipinski definition) is 5. The van der Waals surface area contributed by atoms with Crippen LogP contribution in [0.5, 0.6) is 11.5 Å². The minimum Gasteiger partial charge on any atom is -0.493 e. The van der Waals surface area contributed by atoms with E-state index in [4.69, 9.17) is 14.5 Å². The Morgan fingerprint density at radius 2 is 1.78 bits per heavy atom. The molecule has 0 aliphatic rings. The largest absolute Gasteiger partial charge is 0.493 e. The summed E-state index contributed by atoms with van der Waals surface area (Å²) in [6, 6.07) is 21.6. The summed E-state index contributed by atoms with van der Waals surface area (Å²) in [5.41, 5.74) is 3.91. The zero-order valence-corrected chi connectivity index (χ0v) is 19.1. The molecule has 0 saturated carbocycles. The maximum atomic E-state index is 13.3. The van der Waals surface area contributed by atoms with E-state index >= 15 is 0 Å². The van der Waals surface area contributed by atoms with E-state index in [0.29, 0.717) is 23.2 Å². The summed E-state index contributed by atoms with van der Waals surface area (Å²) in [4.78, 5) is 19.8. The Kier molecular flexibility index (Phi) is 6.52. The summed E-state index contributed by atoms with van der Waals surface area (Å²) in [7, 11) is 3.19. The Balaban J connectivity index is 1.66. The zero-order valence-electron chi connectivity index (χ0n) is 18.2. The van der Waals surface area contributed by atoms with Crippen LogP contribution in [0.15, 0.2) is 72.8 Å². The normalized spacial score (nSPS) is 11.1. The predicted octanol–water partition coefficient (Wildman–Crippen LogP) is 5.87. The van der Waals surface area contributed by atoms with Crippen molar-refractivity contribution in [3.63, 3.8) is 0 Å². The van der Waals surface area contributed by atoms with Crippen LogP contribution in [0.1, 0.15) is 16.7 Å². The van der Waals surface area contributed by atoms with Gasteiger partial charge in [-0.2, -0.15) is 0 Å². The van der Waals surface area contributed by atoms with E-state index in [-0.39, 0.29) is 5.91 Å². The molecule has 1 amide bonds. The van der Waals surface area contributed by atoms with Gasteiger partial charge in [-0.1, -0.05) is 59.9 Å². The maximum Gasteiger partial charge on any atom is 0.253 e. The lowest BCUT2D eigenvalue weighted by molar-refractivity contribution is -0.114.